The molecule has 52 heavy (non-hydrogen) atoms. The van der Waals surface area contributed by atoms with E-state index in [9.17, 15) is 35.1 Å². The fourth-order valence-electron chi connectivity index (χ4n) is 4.23. The van der Waals surface area contributed by atoms with E-state index in [2.05, 4.69) is 65.0 Å². The zero-order valence-corrected chi connectivity index (χ0v) is 30.2. The quantitative estimate of drug-likeness (QED) is 0.0846. The number of hydrogen-bond acceptors (Lipinski definition) is 4. The van der Waals surface area contributed by atoms with Gasteiger partial charge in [0.05, 0.1) is 0 Å². The smallest absolute Gasteiger partial charge is 0.429 e. The number of rotatable bonds is 12. The van der Waals surface area contributed by atoms with Crippen molar-refractivity contribution < 1.29 is 54.8 Å². The summed E-state index contributed by atoms with van der Waals surface area (Å²) in [5, 5.41) is 17.4. The normalized spacial score (nSPS) is 11.0. The lowest BCUT2D eigenvalue weighted by atomic mass is 10.1. The third kappa shape index (κ3) is 13.2. The van der Waals surface area contributed by atoms with Crippen LogP contribution in [0.25, 0.3) is 0 Å². The molecule has 4 aromatic carbocycles. The molecule has 4 rings (SSSR count). The predicted molar refractivity (Wildman–Crippen MR) is 186 cm³/mol. The van der Waals surface area contributed by atoms with E-state index in [-0.39, 0.29) is 34.7 Å². The van der Waals surface area contributed by atoms with Crippen molar-refractivity contribution in [2.45, 2.75) is 50.7 Å². The molecule has 0 fully saturated rings. The molecular weight excluding hydrogens is 832 g/mol. The van der Waals surface area contributed by atoms with Gasteiger partial charge in [0.1, 0.15) is 45.9 Å². The summed E-state index contributed by atoms with van der Waals surface area (Å²) in [4.78, 5) is 0. The van der Waals surface area contributed by atoms with Crippen molar-refractivity contribution in [1.82, 2.24) is 0 Å². The van der Waals surface area contributed by atoms with Crippen LogP contribution in [0.1, 0.15) is 60.8 Å². The maximum Gasteiger partial charge on any atom is 0.432 e. The van der Waals surface area contributed by atoms with E-state index >= 15 is 0 Å². The van der Waals surface area contributed by atoms with Gasteiger partial charge < -0.3 is 19.7 Å². The van der Waals surface area contributed by atoms with Gasteiger partial charge in [-0.2, -0.15) is 17.6 Å². The molecule has 0 bridgehead atoms. The number of benzene rings is 4. The fourth-order valence-corrected chi connectivity index (χ4v) is 4.90. The second kappa shape index (κ2) is 20.2. The molecule has 0 aliphatic heterocycles. The summed E-state index contributed by atoms with van der Waals surface area (Å²) in [6.07, 6.45) is -4.78. The minimum Gasteiger partial charge on any atom is -0.429 e. The van der Waals surface area contributed by atoms with Gasteiger partial charge in [-0.3, -0.25) is 0 Å². The molecule has 0 aliphatic carbocycles. The lowest BCUT2D eigenvalue weighted by molar-refractivity contribution is -0.190. The number of aliphatic hydroxyl groups is 2. The standard InChI is InChI=1S/C25H24F4O3.C13H6Br2F4O/c26-22-17-20(10-6-2-4-8-16-31)18-23(27)24(22)25(28,29)32-21-13-11-19(12-14-21)9-5-1-3-7-15-30;14-7-1-3-9(4-2-7)20-13(18,19)12-10(16)5-8(15)6-11(12)17/h11-14,17-18,30-31H,1-4,7-8,15-16H2;1-6H. The lowest BCUT2D eigenvalue weighted by Gasteiger charge is -2.19. The van der Waals surface area contributed by atoms with E-state index in [4.69, 9.17) is 10.2 Å². The highest BCUT2D eigenvalue weighted by Crippen LogP contribution is 2.37. The topological polar surface area (TPSA) is 58.9 Å². The minimum atomic E-state index is -4.24. The fraction of sp³-hybridized carbons (Fsp3) is 0.263. The van der Waals surface area contributed by atoms with Gasteiger partial charge in [-0.1, -0.05) is 55.5 Å². The Balaban J connectivity index is 0.000000311. The van der Waals surface area contributed by atoms with Crippen molar-refractivity contribution in [3.05, 3.63) is 127 Å². The average Bonchev–Trinajstić information content (AvgIpc) is 3.05. The first-order valence-corrected chi connectivity index (χ1v) is 17.1. The molecule has 0 saturated carbocycles. The number of halogens is 10. The largest absolute Gasteiger partial charge is 0.432 e. The number of aliphatic hydroxyl groups excluding tert-OH is 2. The van der Waals surface area contributed by atoms with Crippen LogP contribution in [0.4, 0.5) is 35.1 Å². The van der Waals surface area contributed by atoms with Crippen molar-refractivity contribution in [3.63, 3.8) is 0 Å². The van der Waals surface area contributed by atoms with Gasteiger partial charge >= 0.3 is 12.2 Å². The van der Waals surface area contributed by atoms with Crippen molar-refractivity contribution in [1.29, 1.82) is 0 Å². The Hall–Kier alpha value is -4.08. The molecule has 0 heterocycles. The van der Waals surface area contributed by atoms with E-state index in [0.717, 1.165) is 30.7 Å². The van der Waals surface area contributed by atoms with Gasteiger partial charge in [0.25, 0.3) is 0 Å². The Morgan fingerprint density at radius 3 is 1.33 bits per heavy atom. The molecule has 0 radical (unpaired) electrons. The van der Waals surface area contributed by atoms with Gasteiger partial charge in [-0.25, -0.2) is 17.6 Å². The molecular formula is C38H30Br2F8O4. The minimum absolute atomic E-state index is 0.0238. The van der Waals surface area contributed by atoms with Gasteiger partial charge in [-0.15, -0.1) is 0 Å². The number of hydrogen-bond donors (Lipinski definition) is 2. The zero-order valence-electron chi connectivity index (χ0n) is 27.1. The van der Waals surface area contributed by atoms with Gasteiger partial charge in [0.15, 0.2) is 0 Å². The second-order valence-corrected chi connectivity index (χ2v) is 12.6. The summed E-state index contributed by atoms with van der Waals surface area (Å²) in [5.74, 6) is 4.79. The summed E-state index contributed by atoms with van der Waals surface area (Å²) < 4.78 is 122. The van der Waals surface area contributed by atoms with E-state index in [1.807, 2.05) is 0 Å². The first kappa shape index (κ1) is 42.3. The monoisotopic (exact) mass is 860 g/mol. The summed E-state index contributed by atoms with van der Waals surface area (Å²) in [6, 6.07) is 13.8. The number of unbranched alkanes of at least 4 members (excludes halogenated alkanes) is 4. The van der Waals surface area contributed by atoms with Crippen LogP contribution >= 0.6 is 31.9 Å². The molecule has 0 amide bonds. The van der Waals surface area contributed by atoms with Crippen LogP contribution in [0.5, 0.6) is 11.5 Å². The molecule has 14 heteroatoms. The van der Waals surface area contributed by atoms with E-state index in [1.165, 1.54) is 48.5 Å². The lowest BCUT2D eigenvalue weighted by Crippen LogP contribution is -2.25. The Morgan fingerprint density at radius 1 is 0.519 bits per heavy atom. The summed E-state index contributed by atoms with van der Waals surface area (Å²) in [7, 11) is 0. The van der Waals surface area contributed by atoms with Crippen LogP contribution in [0.15, 0.2) is 81.7 Å². The van der Waals surface area contributed by atoms with Gasteiger partial charge in [-0.05, 0) is 98.5 Å². The molecule has 0 aromatic heterocycles. The van der Waals surface area contributed by atoms with Gasteiger partial charge in [0, 0.05) is 46.1 Å². The van der Waals surface area contributed by atoms with E-state index < -0.39 is 46.6 Å². The third-order valence-electron chi connectivity index (χ3n) is 6.68. The predicted octanol–water partition coefficient (Wildman–Crippen LogP) is 10.7. The Labute approximate surface area is 312 Å². The van der Waals surface area contributed by atoms with Crippen molar-refractivity contribution in [3.8, 4) is 35.2 Å². The Morgan fingerprint density at radius 2 is 0.904 bits per heavy atom. The molecule has 0 unspecified atom stereocenters. The molecule has 0 spiro atoms. The number of alkyl halides is 4. The molecule has 2 N–H and O–H groups in total. The highest BCUT2D eigenvalue weighted by atomic mass is 79.9. The van der Waals surface area contributed by atoms with Crippen LogP contribution < -0.4 is 9.47 Å². The highest BCUT2D eigenvalue weighted by molar-refractivity contribution is 9.10. The first-order chi connectivity index (χ1) is 24.7. The molecule has 0 saturated heterocycles. The molecule has 0 atom stereocenters. The Bertz CT molecular complexity index is 1850. The van der Waals surface area contributed by atoms with E-state index in [1.54, 1.807) is 0 Å². The summed E-state index contributed by atoms with van der Waals surface area (Å²) >= 11 is 5.95. The first-order valence-electron chi connectivity index (χ1n) is 15.5. The highest BCUT2D eigenvalue weighted by Gasteiger charge is 2.42. The maximum absolute atomic E-state index is 14.5. The number of ether oxygens (including phenoxy) is 2. The van der Waals surface area contributed by atoms with Crippen LogP contribution in [0.3, 0.4) is 0 Å². The average molecular weight is 862 g/mol. The third-order valence-corrected chi connectivity index (χ3v) is 7.66. The molecule has 4 nitrogen and oxygen atoms in total. The van der Waals surface area contributed by atoms with Crippen LogP contribution in [0.2, 0.25) is 0 Å². The van der Waals surface area contributed by atoms with Crippen LogP contribution in [0, 0.1) is 47.0 Å². The zero-order chi connectivity index (χ0) is 38.3. The summed E-state index contributed by atoms with van der Waals surface area (Å²) in [6.45, 7) is 0.126. The van der Waals surface area contributed by atoms with E-state index in [0.29, 0.717) is 42.1 Å². The van der Waals surface area contributed by atoms with Crippen molar-refractivity contribution >= 4 is 31.9 Å². The van der Waals surface area contributed by atoms with Crippen LogP contribution in [-0.2, 0) is 12.2 Å². The molecule has 0 aliphatic rings. The molecule has 276 valence electrons. The van der Waals surface area contributed by atoms with Crippen molar-refractivity contribution in [2.24, 2.45) is 0 Å². The van der Waals surface area contributed by atoms with Crippen molar-refractivity contribution in [2.75, 3.05) is 13.2 Å². The SMILES string of the molecule is Fc1cc(Br)cc(F)c1C(F)(F)Oc1ccc(Br)cc1.OCCCCC#Cc1ccc(OC(F)(F)c2c(F)cc(C#CCCCCO)cc2F)cc1. The maximum atomic E-state index is 14.5. The Kier molecular flexibility index (Phi) is 16.5. The van der Waals surface area contributed by atoms with Crippen LogP contribution in [-0.4, -0.2) is 23.4 Å². The summed E-state index contributed by atoms with van der Waals surface area (Å²) in [5.41, 5.74) is -2.41. The molecule has 4 aromatic rings. The van der Waals surface area contributed by atoms with Gasteiger partial charge in [0.2, 0.25) is 0 Å². The second-order valence-electron chi connectivity index (χ2n) is 10.7.